The van der Waals surface area contributed by atoms with Crippen LogP contribution in [0.2, 0.25) is 0 Å². The number of thioether (sulfide) groups is 1. The summed E-state index contributed by atoms with van der Waals surface area (Å²) in [5.41, 5.74) is 1.94. The van der Waals surface area contributed by atoms with E-state index in [0.29, 0.717) is 6.61 Å². The van der Waals surface area contributed by atoms with Gasteiger partial charge in [-0.2, -0.15) is 0 Å². The molecule has 3 aromatic rings. The van der Waals surface area contributed by atoms with Gasteiger partial charge in [0.15, 0.2) is 5.16 Å². The molecule has 2 N–H and O–H groups in total. The molecule has 3 rings (SSSR count). The smallest absolute Gasteiger partial charge is 0.187 e. The predicted molar refractivity (Wildman–Crippen MR) is 98.2 cm³/mol. The van der Waals surface area contributed by atoms with Crippen molar-refractivity contribution in [3.63, 3.8) is 0 Å². The minimum Gasteiger partial charge on any atom is -0.493 e. The highest BCUT2D eigenvalue weighted by Gasteiger charge is 2.08. The third-order valence-electron chi connectivity index (χ3n) is 3.15. The Balaban J connectivity index is 1.56. The van der Waals surface area contributed by atoms with Gasteiger partial charge >= 0.3 is 0 Å². The van der Waals surface area contributed by atoms with Crippen LogP contribution in [0.15, 0.2) is 70.4 Å². The monoisotopic (exact) mass is 389 g/mol. The highest BCUT2D eigenvalue weighted by molar-refractivity contribution is 9.10. The highest BCUT2D eigenvalue weighted by Crippen LogP contribution is 2.23. The molecule has 4 nitrogen and oxygen atoms in total. The second kappa shape index (κ2) is 7.57. The molecule has 0 aliphatic heterocycles. The number of rotatable bonds is 6. The van der Waals surface area contributed by atoms with Crippen molar-refractivity contribution in [2.24, 2.45) is 0 Å². The zero-order chi connectivity index (χ0) is 16.1. The first-order valence-corrected chi connectivity index (χ1v) is 8.91. The number of hydrogen-bond acceptors (Lipinski definition) is 4. The van der Waals surface area contributed by atoms with Crippen molar-refractivity contribution in [3.05, 3.63) is 65.3 Å². The Hall–Kier alpha value is -1.92. The second-order valence-electron chi connectivity index (χ2n) is 4.84. The molecule has 0 spiro atoms. The van der Waals surface area contributed by atoms with Crippen molar-refractivity contribution in [2.75, 3.05) is 18.2 Å². The van der Waals surface area contributed by atoms with Gasteiger partial charge in [0.25, 0.3) is 0 Å². The summed E-state index contributed by atoms with van der Waals surface area (Å²) < 4.78 is 8.28. The fourth-order valence-electron chi connectivity index (χ4n) is 2.08. The van der Waals surface area contributed by atoms with Crippen LogP contribution in [0.25, 0.3) is 11.3 Å². The first-order chi connectivity index (χ1) is 11.2. The molecule has 23 heavy (non-hydrogen) atoms. The van der Waals surface area contributed by atoms with E-state index in [1.54, 1.807) is 16.4 Å². The maximum Gasteiger partial charge on any atom is 0.187 e. The molecule has 1 aromatic heterocycles. The molecule has 0 bridgehead atoms. The van der Waals surface area contributed by atoms with Crippen LogP contribution in [0, 0.1) is 0 Å². The lowest BCUT2D eigenvalue weighted by Crippen LogP contribution is -2.09. The molecule has 0 saturated carbocycles. The van der Waals surface area contributed by atoms with Crippen LogP contribution in [0.5, 0.6) is 5.75 Å². The molecule has 0 amide bonds. The lowest BCUT2D eigenvalue weighted by Gasteiger charge is -2.06. The Morgan fingerprint density at radius 3 is 2.74 bits per heavy atom. The molecule has 0 saturated heterocycles. The number of nitrogen functional groups attached to an aromatic ring is 1. The summed E-state index contributed by atoms with van der Waals surface area (Å²) in [6.45, 7) is 0.592. The van der Waals surface area contributed by atoms with Crippen LogP contribution in [0.3, 0.4) is 0 Å². The van der Waals surface area contributed by atoms with E-state index in [1.165, 1.54) is 0 Å². The average molecular weight is 390 g/mol. The van der Waals surface area contributed by atoms with E-state index < -0.39 is 0 Å². The molecular formula is C17H16BrN3OS. The highest BCUT2D eigenvalue weighted by atomic mass is 79.9. The van der Waals surface area contributed by atoms with Gasteiger partial charge in [-0.05, 0) is 18.2 Å². The zero-order valence-corrected chi connectivity index (χ0v) is 14.8. The van der Waals surface area contributed by atoms with Gasteiger partial charge in [-0.1, -0.05) is 64.1 Å². The van der Waals surface area contributed by atoms with E-state index in [2.05, 4.69) is 20.9 Å². The molecule has 0 radical (unpaired) electrons. The molecule has 1 heterocycles. The fourth-order valence-corrected chi connectivity index (χ4v) is 3.17. The zero-order valence-electron chi connectivity index (χ0n) is 12.4. The number of imidazole rings is 1. The Morgan fingerprint density at radius 1 is 1.13 bits per heavy atom. The Kier molecular flexibility index (Phi) is 5.25. The van der Waals surface area contributed by atoms with Gasteiger partial charge in [-0.25, -0.2) is 9.66 Å². The van der Waals surface area contributed by atoms with Crippen molar-refractivity contribution in [1.29, 1.82) is 0 Å². The first kappa shape index (κ1) is 16.0. The maximum absolute atomic E-state index is 5.98. The van der Waals surface area contributed by atoms with E-state index in [0.717, 1.165) is 32.4 Å². The van der Waals surface area contributed by atoms with Crippen molar-refractivity contribution in [2.45, 2.75) is 5.16 Å². The Bertz CT molecular complexity index is 777. The summed E-state index contributed by atoms with van der Waals surface area (Å²) in [4.78, 5) is 4.58. The SMILES string of the molecule is Nn1cc(-c2ccccc2)nc1SCCOc1cccc(Br)c1. The summed E-state index contributed by atoms with van der Waals surface area (Å²) in [6, 6.07) is 17.8. The van der Waals surface area contributed by atoms with Gasteiger partial charge in [0.1, 0.15) is 5.75 Å². The normalized spacial score (nSPS) is 10.7. The number of halogens is 1. The second-order valence-corrected chi connectivity index (χ2v) is 6.81. The Morgan fingerprint density at radius 2 is 1.96 bits per heavy atom. The third kappa shape index (κ3) is 4.30. The maximum atomic E-state index is 5.98. The van der Waals surface area contributed by atoms with E-state index in [-0.39, 0.29) is 0 Å². The van der Waals surface area contributed by atoms with Crippen LogP contribution in [-0.4, -0.2) is 22.0 Å². The number of nitrogens with zero attached hydrogens (tertiary/aromatic N) is 2. The summed E-state index contributed by atoms with van der Waals surface area (Å²) in [6.07, 6.45) is 1.84. The van der Waals surface area contributed by atoms with Crippen molar-refractivity contribution < 1.29 is 4.74 Å². The van der Waals surface area contributed by atoms with Crippen molar-refractivity contribution >= 4 is 27.7 Å². The molecule has 0 atom stereocenters. The molecule has 2 aromatic carbocycles. The van der Waals surface area contributed by atoms with E-state index in [1.807, 2.05) is 60.8 Å². The first-order valence-electron chi connectivity index (χ1n) is 7.13. The number of benzene rings is 2. The van der Waals surface area contributed by atoms with Gasteiger partial charge in [-0.15, -0.1) is 0 Å². The van der Waals surface area contributed by atoms with Gasteiger partial charge in [0.05, 0.1) is 18.5 Å². The van der Waals surface area contributed by atoms with Crippen LogP contribution < -0.4 is 10.6 Å². The molecule has 6 heteroatoms. The summed E-state index contributed by atoms with van der Waals surface area (Å²) in [5, 5.41) is 0.779. The quantitative estimate of drug-likeness (QED) is 0.390. The molecule has 0 unspecified atom stereocenters. The number of nitrogens with two attached hydrogens (primary N) is 1. The standard InChI is InChI=1S/C17H16BrN3OS/c18-14-7-4-8-15(11-14)22-9-10-23-17-20-16(12-21(17)19)13-5-2-1-3-6-13/h1-8,11-12H,9-10,19H2. The summed E-state index contributed by atoms with van der Waals surface area (Å²) in [5.74, 6) is 7.60. The molecule has 118 valence electrons. The molecule has 0 aliphatic rings. The number of ether oxygens (including phenoxy) is 1. The van der Waals surface area contributed by atoms with E-state index in [4.69, 9.17) is 10.6 Å². The van der Waals surface area contributed by atoms with Crippen molar-refractivity contribution in [1.82, 2.24) is 9.66 Å². The fraction of sp³-hybridized carbons (Fsp3) is 0.118. The lowest BCUT2D eigenvalue weighted by molar-refractivity contribution is 0.343. The average Bonchev–Trinajstić information content (AvgIpc) is 2.94. The van der Waals surface area contributed by atoms with Crippen LogP contribution in [-0.2, 0) is 0 Å². The minimum absolute atomic E-state index is 0.592. The van der Waals surface area contributed by atoms with Gasteiger partial charge in [0, 0.05) is 15.8 Å². The minimum atomic E-state index is 0.592. The summed E-state index contributed by atoms with van der Waals surface area (Å²) in [7, 11) is 0. The molecule has 0 fully saturated rings. The van der Waals surface area contributed by atoms with Crippen molar-refractivity contribution in [3.8, 4) is 17.0 Å². The Labute approximate surface area is 147 Å². The van der Waals surface area contributed by atoms with E-state index in [9.17, 15) is 0 Å². The van der Waals surface area contributed by atoms with Gasteiger partial charge in [-0.3, -0.25) is 0 Å². The van der Waals surface area contributed by atoms with Crippen LogP contribution in [0.4, 0.5) is 0 Å². The number of hydrogen-bond donors (Lipinski definition) is 1. The topological polar surface area (TPSA) is 53.1 Å². The van der Waals surface area contributed by atoms with Gasteiger partial charge in [0.2, 0.25) is 0 Å². The van der Waals surface area contributed by atoms with Crippen LogP contribution in [0.1, 0.15) is 0 Å². The lowest BCUT2D eigenvalue weighted by atomic mass is 10.2. The van der Waals surface area contributed by atoms with E-state index >= 15 is 0 Å². The van der Waals surface area contributed by atoms with Crippen LogP contribution >= 0.6 is 27.7 Å². The third-order valence-corrected chi connectivity index (χ3v) is 4.57. The van der Waals surface area contributed by atoms with Gasteiger partial charge < -0.3 is 10.6 Å². The predicted octanol–water partition coefficient (Wildman–Crippen LogP) is 4.20. The number of aromatic nitrogens is 2. The largest absolute Gasteiger partial charge is 0.493 e. The molecular weight excluding hydrogens is 374 g/mol. The molecule has 0 aliphatic carbocycles. The summed E-state index contributed by atoms with van der Waals surface area (Å²) >= 11 is 5.00.